The van der Waals surface area contributed by atoms with E-state index in [0.29, 0.717) is 24.3 Å². The van der Waals surface area contributed by atoms with Crippen LogP contribution in [0.4, 0.5) is 4.39 Å². The maximum atomic E-state index is 13.4. The molecule has 4 heteroatoms. The van der Waals surface area contributed by atoms with Crippen molar-refractivity contribution in [3.8, 4) is 0 Å². The lowest BCUT2D eigenvalue weighted by Gasteiger charge is -2.30. The smallest absolute Gasteiger partial charge is 0.222 e. The summed E-state index contributed by atoms with van der Waals surface area (Å²) in [7, 11) is 0. The fourth-order valence-corrected chi connectivity index (χ4v) is 4.31. The maximum absolute atomic E-state index is 13.4. The zero-order chi connectivity index (χ0) is 17.5. The van der Waals surface area contributed by atoms with Crippen LogP contribution in [0.25, 0.3) is 0 Å². The Morgan fingerprint density at radius 2 is 1.92 bits per heavy atom. The average Bonchev–Trinajstić information content (AvgIpc) is 3.15. The first kappa shape index (κ1) is 18.4. The minimum absolute atomic E-state index is 0.192. The van der Waals surface area contributed by atoms with Gasteiger partial charge in [0.25, 0.3) is 0 Å². The average molecular weight is 346 g/mol. The fraction of sp³-hybridized carbons (Fsp3) is 0.667. The van der Waals surface area contributed by atoms with Crippen molar-refractivity contribution in [3.63, 3.8) is 0 Å². The second-order valence-electron chi connectivity index (χ2n) is 7.64. The molecular formula is C21H31FN2O. The van der Waals surface area contributed by atoms with Crippen LogP contribution in [-0.4, -0.2) is 36.5 Å². The van der Waals surface area contributed by atoms with Gasteiger partial charge in [0.1, 0.15) is 5.82 Å². The molecule has 2 fully saturated rings. The number of hydrogen-bond donors (Lipinski definition) is 1. The lowest BCUT2D eigenvalue weighted by molar-refractivity contribution is -0.133. The zero-order valence-corrected chi connectivity index (χ0v) is 15.2. The molecule has 1 heterocycles. The monoisotopic (exact) mass is 346 g/mol. The van der Waals surface area contributed by atoms with Crippen LogP contribution < -0.4 is 5.32 Å². The quantitative estimate of drug-likeness (QED) is 0.811. The number of carbonyl (C=O) groups is 1. The van der Waals surface area contributed by atoms with Crippen molar-refractivity contribution < 1.29 is 9.18 Å². The van der Waals surface area contributed by atoms with Crippen molar-refractivity contribution in [1.82, 2.24) is 10.2 Å². The summed E-state index contributed by atoms with van der Waals surface area (Å²) < 4.78 is 13.4. The molecule has 0 aromatic heterocycles. The molecule has 1 saturated heterocycles. The summed E-state index contributed by atoms with van der Waals surface area (Å²) in [5, 5.41) is 3.39. The van der Waals surface area contributed by atoms with E-state index in [2.05, 4.69) is 10.2 Å². The molecular weight excluding hydrogens is 315 g/mol. The Morgan fingerprint density at radius 3 is 2.64 bits per heavy atom. The Kier molecular flexibility index (Phi) is 6.85. The molecule has 3 rings (SSSR count). The van der Waals surface area contributed by atoms with E-state index in [4.69, 9.17) is 0 Å². The third kappa shape index (κ3) is 5.53. The Balaban J connectivity index is 1.55. The molecule has 1 saturated carbocycles. The fourth-order valence-electron chi connectivity index (χ4n) is 4.31. The van der Waals surface area contributed by atoms with Gasteiger partial charge in [0.05, 0.1) is 0 Å². The summed E-state index contributed by atoms with van der Waals surface area (Å²) in [5.41, 5.74) is 0.981. The van der Waals surface area contributed by atoms with Crippen molar-refractivity contribution in [2.45, 2.75) is 63.8 Å². The summed E-state index contributed by atoms with van der Waals surface area (Å²) in [6.07, 6.45) is 9.53. The first-order chi connectivity index (χ1) is 12.2. The van der Waals surface area contributed by atoms with Gasteiger partial charge in [0.15, 0.2) is 0 Å². The van der Waals surface area contributed by atoms with E-state index in [1.807, 2.05) is 6.07 Å². The number of benzene rings is 1. The molecule has 1 aromatic rings. The third-order valence-electron chi connectivity index (χ3n) is 5.84. The van der Waals surface area contributed by atoms with Crippen LogP contribution in [0.3, 0.4) is 0 Å². The molecule has 0 spiro atoms. The van der Waals surface area contributed by atoms with Crippen molar-refractivity contribution in [2.24, 2.45) is 5.92 Å². The molecule has 1 amide bonds. The van der Waals surface area contributed by atoms with Crippen LogP contribution in [-0.2, 0) is 11.2 Å². The van der Waals surface area contributed by atoms with E-state index in [9.17, 15) is 9.18 Å². The number of amides is 1. The van der Waals surface area contributed by atoms with Crippen LogP contribution in [0, 0.1) is 11.7 Å². The van der Waals surface area contributed by atoms with Gasteiger partial charge < -0.3 is 10.2 Å². The molecule has 25 heavy (non-hydrogen) atoms. The Labute approximate surface area is 151 Å². The molecule has 1 aliphatic carbocycles. The molecule has 138 valence electrons. The summed E-state index contributed by atoms with van der Waals surface area (Å²) >= 11 is 0. The predicted octanol–water partition coefficient (Wildman–Crippen LogP) is 3.92. The number of halogens is 1. The first-order valence-electron chi connectivity index (χ1n) is 9.97. The Bertz CT molecular complexity index is 551. The number of carbonyl (C=O) groups excluding carboxylic acids is 1. The van der Waals surface area contributed by atoms with Crippen LogP contribution in [0.5, 0.6) is 0 Å². The molecule has 1 aromatic carbocycles. The predicted molar refractivity (Wildman–Crippen MR) is 98.9 cm³/mol. The Hall–Kier alpha value is -1.42. The zero-order valence-electron chi connectivity index (χ0n) is 15.2. The molecule has 0 atom stereocenters. The van der Waals surface area contributed by atoms with Crippen molar-refractivity contribution in [3.05, 3.63) is 35.6 Å². The number of hydrogen-bond acceptors (Lipinski definition) is 2. The van der Waals surface area contributed by atoms with Crippen LogP contribution in [0.1, 0.15) is 56.9 Å². The highest BCUT2D eigenvalue weighted by Crippen LogP contribution is 2.26. The molecule has 3 nitrogen and oxygen atoms in total. The largest absolute Gasteiger partial charge is 0.339 e. The van der Waals surface area contributed by atoms with E-state index >= 15 is 0 Å². The molecule has 1 aliphatic heterocycles. The van der Waals surface area contributed by atoms with Crippen molar-refractivity contribution in [2.75, 3.05) is 19.6 Å². The van der Waals surface area contributed by atoms with E-state index in [1.165, 1.54) is 31.7 Å². The SMILES string of the molecule is O=C(CCC1CCNCC1)N(CCc1cccc(F)c1)C1CCCC1. The van der Waals surface area contributed by atoms with E-state index in [-0.39, 0.29) is 5.82 Å². The van der Waals surface area contributed by atoms with Gasteiger partial charge in [-0.25, -0.2) is 4.39 Å². The summed E-state index contributed by atoms with van der Waals surface area (Å²) in [6.45, 7) is 2.90. The van der Waals surface area contributed by atoms with Crippen LogP contribution in [0.2, 0.25) is 0 Å². The van der Waals surface area contributed by atoms with Gasteiger partial charge in [-0.15, -0.1) is 0 Å². The minimum Gasteiger partial charge on any atom is -0.339 e. The highest BCUT2D eigenvalue weighted by molar-refractivity contribution is 5.76. The van der Waals surface area contributed by atoms with E-state index in [0.717, 1.165) is 50.9 Å². The molecule has 0 radical (unpaired) electrons. The topological polar surface area (TPSA) is 32.3 Å². The van der Waals surface area contributed by atoms with Gasteiger partial charge in [0, 0.05) is 19.0 Å². The first-order valence-corrected chi connectivity index (χ1v) is 9.97. The van der Waals surface area contributed by atoms with Crippen molar-refractivity contribution in [1.29, 1.82) is 0 Å². The van der Waals surface area contributed by atoms with Gasteiger partial charge in [-0.2, -0.15) is 0 Å². The van der Waals surface area contributed by atoms with Crippen LogP contribution in [0.15, 0.2) is 24.3 Å². The number of rotatable bonds is 7. The summed E-state index contributed by atoms with van der Waals surface area (Å²) in [4.78, 5) is 15.0. The normalized spacial score (nSPS) is 19.2. The second kappa shape index (κ2) is 9.33. The van der Waals surface area contributed by atoms with Gasteiger partial charge in [-0.3, -0.25) is 4.79 Å². The lowest BCUT2D eigenvalue weighted by atomic mass is 9.93. The number of nitrogens with one attached hydrogen (secondary N) is 1. The highest BCUT2D eigenvalue weighted by Gasteiger charge is 2.27. The lowest BCUT2D eigenvalue weighted by Crippen LogP contribution is -2.40. The molecule has 0 bridgehead atoms. The number of piperidine rings is 1. The summed E-state index contributed by atoms with van der Waals surface area (Å²) in [5.74, 6) is 0.808. The van der Waals surface area contributed by atoms with Gasteiger partial charge >= 0.3 is 0 Å². The van der Waals surface area contributed by atoms with Gasteiger partial charge in [-0.05, 0) is 75.2 Å². The maximum Gasteiger partial charge on any atom is 0.222 e. The molecule has 2 aliphatic rings. The van der Waals surface area contributed by atoms with Gasteiger partial charge in [0.2, 0.25) is 5.91 Å². The standard InChI is InChI=1S/C21H31FN2O/c22-19-5-3-4-18(16-19)12-15-24(20-6-1-2-7-20)21(25)9-8-17-10-13-23-14-11-17/h3-5,16-17,20,23H,1-2,6-15H2. The second-order valence-corrected chi connectivity index (χ2v) is 7.64. The molecule has 1 N–H and O–H groups in total. The number of nitrogens with zero attached hydrogens (tertiary/aromatic N) is 1. The van der Waals surface area contributed by atoms with E-state index < -0.39 is 0 Å². The molecule has 0 unspecified atom stereocenters. The minimum atomic E-state index is -0.192. The highest BCUT2D eigenvalue weighted by atomic mass is 19.1. The van der Waals surface area contributed by atoms with Crippen molar-refractivity contribution >= 4 is 5.91 Å². The third-order valence-corrected chi connectivity index (χ3v) is 5.84. The van der Waals surface area contributed by atoms with Gasteiger partial charge in [-0.1, -0.05) is 25.0 Å². The summed E-state index contributed by atoms with van der Waals surface area (Å²) in [6, 6.07) is 7.17. The van der Waals surface area contributed by atoms with E-state index in [1.54, 1.807) is 12.1 Å². The Morgan fingerprint density at radius 1 is 1.16 bits per heavy atom. The van der Waals surface area contributed by atoms with Crippen LogP contribution >= 0.6 is 0 Å².